The highest BCUT2D eigenvalue weighted by molar-refractivity contribution is 5.75. The highest BCUT2D eigenvalue weighted by atomic mass is 19.1. The zero-order valence-corrected chi connectivity index (χ0v) is 12.4. The van der Waals surface area contributed by atoms with Crippen LogP contribution >= 0.6 is 0 Å². The van der Waals surface area contributed by atoms with Gasteiger partial charge in [0.2, 0.25) is 0 Å². The Morgan fingerprint density at radius 3 is 2.29 bits per heavy atom. The maximum absolute atomic E-state index is 13.3. The number of carboxylic acid groups (broad SMARTS) is 1. The molecule has 0 saturated heterocycles. The molecule has 0 unspecified atom stereocenters. The lowest BCUT2D eigenvalue weighted by atomic mass is 9.67. The first kappa shape index (κ1) is 15.9. The van der Waals surface area contributed by atoms with Crippen LogP contribution in [0.1, 0.15) is 51.0 Å². The molecule has 0 bridgehead atoms. The van der Waals surface area contributed by atoms with Crippen LogP contribution in [0.4, 0.5) is 8.78 Å². The fourth-order valence-electron chi connectivity index (χ4n) is 3.50. The molecule has 1 N–H and O–H groups in total. The molecule has 1 aliphatic rings. The largest absolute Gasteiger partial charge is 0.481 e. The van der Waals surface area contributed by atoms with Crippen molar-refractivity contribution >= 4 is 5.97 Å². The lowest BCUT2D eigenvalue weighted by Gasteiger charge is -2.37. The highest BCUT2D eigenvalue weighted by Gasteiger charge is 2.41. The van der Waals surface area contributed by atoms with E-state index >= 15 is 0 Å². The molecule has 1 aromatic rings. The van der Waals surface area contributed by atoms with Gasteiger partial charge in [0.05, 0.1) is 5.41 Å². The van der Waals surface area contributed by atoms with Crippen molar-refractivity contribution < 1.29 is 18.7 Å². The van der Waals surface area contributed by atoms with Crippen molar-refractivity contribution in [2.24, 2.45) is 11.3 Å². The Morgan fingerprint density at radius 1 is 1.24 bits per heavy atom. The molecule has 1 aliphatic carbocycles. The summed E-state index contributed by atoms with van der Waals surface area (Å²) in [6.45, 7) is 2.13. The molecule has 1 fully saturated rings. The molecular formula is C17H22F2O2. The summed E-state index contributed by atoms with van der Waals surface area (Å²) in [6.07, 6.45) is 5.39. The second-order valence-electron chi connectivity index (χ2n) is 6.27. The molecule has 0 aromatic heterocycles. The number of halogens is 2. The van der Waals surface area contributed by atoms with Crippen LogP contribution in [0, 0.1) is 23.0 Å². The van der Waals surface area contributed by atoms with Gasteiger partial charge in [-0.2, -0.15) is 0 Å². The van der Waals surface area contributed by atoms with E-state index in [1.54, 1.807) is 0 Å². The van der Waals surface area contributed by atoms with E-state index in [-0.39, 0.29) is 6.42 Å². The van der Waals surface area contributed by atoms with Crippen molar-refractivity contribution in [2.75, 3.05) is 0 Å². The summed E-state index contributed by atoms with van der Waals surface area (Å²) in [4.78, 5) is 11.7. The van der Waals surface area contributed by atoms with Gasteiger partial charge >= 0.3 is 5.97 Å². The average Bonchev–Trinajstić information content (AvgIpc) is 2.40. The Labute approximate surface area is 124 Å². The summed E-state index contributed by atoms with van der Waals surface area (Å²) in [5.41, 5.74) is -0.436. The normalized spacial score (nSPS) is 25.8. The summed E-state index contributed by atoms with van der Waals surface area (Å²) in [6, 6.07) is 3.30. The summed E-state index contributed by atoms with van der Waals surface area (Å²) >= 11 is 0. The summed E-state index contributed by atoms with van der Waals surface area (Å²) < 4.78 is 26.6. The molecule has 0 heterocycles. The Hall–Kier alpha value is -1.45. The lowest BCUT2D eigenvalue weighted by Crippen LogP contribution is -2.37. The molecule has 4 heteroatoms. The number of carbonyl (C=O) groups is 1. The topological polar surface area (TPSA) is 37.3 Å². The van der Waals surface area contributed by atoms with Gasteiger partial charge in [-0.15, -0.1) is 0 Å². The number of carboxylic acids is 1. The molecule has 0 aliphatic heterocycles. The van der Waals surface area contributed by atoms with Crippen molar-refractivity contribution in [2.45, 2.75) is 51.9 Å². The third-order valence-electron chi connectivity index (χ3n) is 4.68. The Kier molecular flexibility index (Phi) is 4.96. The summed E-state index contributed by atoms with van der Waals surface area (Å²) in [7, 11) is 0. The van der Waals surface area contributed by atoms with E-state index in [0.717, 1.165) is 31.7 Å². The first-order valence-electron chi connectivity index (χ1n) is 7.63. The smallest absolute Gasteiger partial charge is 0.309 e. The van der Waals surface area contributed by atoms with Crippen LogP contribution in [0.15, 0.2) is 18.2 Å². The molecule has 1 saturated carbocycles. The number of rotatable bonds is 5. The van der Waals surface area contributed by atoms with Crippen LogP contribution < -0.4 is 0 Å². The first-order valence-corrected chi connectivity index (χ1v) is 7.63. The number of hydrogen-bond acceptors (Lipinski definition) is 1. The van der Waals surface area contributed by atoms with E-state index in [1.165, 1.54) is 12.1 Å². The maximum atomic E-state index is 13.3. The minimum absolute atomic E-state index is 0.204. The van der Waals surface area contributed by atoms with Crippen molar-refractivity contribution in [3.8, 4) is 0 Å². The van der Waals surface area contributed by atoms with E-state index in [2.05, 4.69) is 6.92 Å². The molecule has 2 nitrogen and oxygen atoms in total. The Morgan fingerprint density at radius 2 is 1.81 bits per heavy atom. The van der Waals surface area contributed by atoms with Gasteiger partial charge in [0.1, 0.15) is 11.6 Å². The minimum atomic E-state index is -0.871. The highest BCUT2D eigenvalue weighted by Crippen LogP contribution is 2.43. The van der Waals surface area contributed by atoms with Gasteiger partial charge in [0, 0.05) is 6.07 Å². The lowest BCUT2D eigenvalue weighted by molar-refractivity contribution is -0.151. The summed E-state index contributed by atoms with van der Waals surface area (Å²) in [5, 5.41) is 9.62. The third kappa shape index (κ3) is 3.80. The molecular weight excluding hydrogens is 274 g/mol. The zero-order valence-electron chi connectivity index (χ0n) is 12.4. The molecule has 116 valence electrons. The quantitative estimate of drug-likeness (QED) is 0.864. The van der Waals surface area contributed by atoms with Gasteiger partial charge in [0.15, 0.2) is 0 Å². The SMILES string of the molecule is CCCC1CCC(Cc2cc(F)cc(F)c2)(C(=O)O)CC1. The fourth-order valence-corrected chi connectivity index (χ4v) is 3.50. The van der Waals surface area contributed by atoms with Gasteiger partial charge in [-0.05, 0) is 55.7 Å². The standard InChI is InChI=1S/C17H22F2O2/c1-2-3-12-4-6-17(7-5-12,16(20)21)11-13-8-14(18)10-15(19)9-13/h8-10,12H,2-7,11H2,1H3,(H,20,21). The van der Waals surface area contributed by atoms with Crippen LogP contribution in [0.5, 0.6) is 0 Å². The van der Waals surface area contributed by atoms with Crippen LogP contribution in [0.2, 0.25) is 0 Å². The number of benzene rings is 1. The molecule has 0 spiro atoms. The van der Waals surface area contributed by atoms with Crippen LogP contribution in [0.3, 0.4) is 0 Å². The predicted molar refractivity (Wildman–Crippen MR) is 77.0 cm³/mol. The van der Waals surface area contributed by atoms with E-state index < -0.39 is 23.0 Å². The number of hydrogen-bond donors (Lipinski definition) is 1. The third-order valence-corrected chi connectivity index (χ3v) is 4.68. The van der Waals surface area contributed by atoms with Gasteiger partial charge in [0.25, 0.3) is 0 Å². The van der Waals surface area contributed by atoms with Gasteiger partial charge in [-0.25, -0.2) is 8.78 Å². The predicted octanol–water partition coefficient (Wildman–Crippen LogP) is 4.57. The van der Waals surface area contributed by atoms with Crippen molar-refractivity contribution in [1.82, 2.24) is 0 Å². The van der Waals surface area contributed by atoms with Crippen molar-refractivity contribution in [3.05, 3.63) is 35.4 Å². The van der Waals surface area contributed by atoms with Crippen molar-refractivity contribution in [1.29, 1.82) is 0 Å². The molecule has 0 atom stereocenters. The second-order valence-corrected chi connectivity index (χ2v) is 6.27. The average molecular weight is 296 g/mol. The van der Waals surface area contributed by atoms with E-state index in [4.69, 9.17) is 0 Å². The zero-order chi connectivity index (χ0) is 15.5. The monoisotopic (exact) mass is 296 g/mol. The molecule has 1 aromatic carbocycles. The van der Waals surface area contributed by atoms with Gasteiger partial charge in [-0.1, -0.05) is 19.8 Å². The van der Waals surface area contributed by atoms with Gasteiger partial charge in [-0.3, -0.25) is 4.79 Å². The number of aliphatic carboxylic acids is 1. The second kappa shape index (κ2) is 6.54. The Balaban J connectivity index is 2.14. The van der Waals surface area contributed by atoms with E-state index in [9.17, 15) is 18.7 Å². The minimum Gasteiger partial charge on any atom is -0.481 e. The fraction of sp³-hybridized carbons (Fsp3) is 0.588. The van der Waals surface area contributed by atoms with Crippen molar-refractivity contribution in [3.63, 3.8) is 0 Å². The van der Waals surface area contributed by atoms with Crippen LogP contribution in [0.25, 0.3) is 0 Å². The summed E-state index contributed by atoms with van der Waals surface area (Å²) in [5.74, 6) is -1.55. The molecule has 21 heavy (non-hydrogen) atoms. The van der Waals surface area contributed by atoms with Crippen LogP contribution in [-0.4, -0.2) is 11.1 Å². The molecule has 2 rings (SSSR count). The Bertz CT molecular complexity index is 485. The van der Waals surface area contributed by atoms with Crippen LogP contribution in [-0.2, 0) is 11.2 Å². The van der Waals surface area contributed by atoms with Gasteiger partial charge < -0.3 is 5.11 Å². The van der Waals surface area contributed by atoms with E-state index in [1.807, 2.05) is 0 Å². The molecule has 0 amide bonds. The molecule has 0 radical (unpaired) electrons. The first-order chi connectivity index (χ1) is 9.95. The maximum Gasteiger partial charge on any atom is 0.309 e. The van der Waals surface area contributed by atoms with E-state index in [0.29, 0.717) is 24.3 Å².